The van der Waals surface area contributed by atoms with Crippen LogP contribution in [0.15, 0.2) is 18.2 Å². The van der Waals surface area contributed by atoms with Gasteiger partial charge in [-0.3, -0.25) is 5.41 Å². The van der Waals surface area contributed by atoms with Gasteiger partial charge >= 0.3 is 0 Å². The lowest BCUT2D eigenvalue weighted by atomic mass is 10.0. The van der Waals surface area contributed by atoms with Crippen LogP contribution in [0.1, 0.15) is 18.9 Å². The molecule has 0 saturated carbocycles. The monoisotopic (exact) mass is 385 g/mol. The molecule has 1 aromatic carbocycles. The Morgan fingerprint density at radius 1 is 1.39 bits per heavy atom. The highest BCUT2D eigenvalue weighted by atomic mass is 16.5. The molecule has 0 spiro atoms. The number of nitrogens with one attached hydrogen (secondary N) is 2. The van der Waals surface area contributed by atoms with E-state index in [1.807, 2.05) is 6.07 Å². The molecule has 28 heavy (non-hydrogen) atoms. The zero-order valence-corrected chi connectivity index (χ0v) is 16.5. The van der Waals surface area contributed by atoms with Crippen molar-refractivity contribution in [3.8, 4) is 17.0 Å². The van der Waals surface area contributed by atoms with Crippen molar-refractivity contribution in [2.75, 3.05) is 49.9 Å². The van der Waals surface area contributed by atoms with Gasteiger partial charge in [-0.25, -0.2) is 4.98 Å². The van der Waals surface area contributed by atoms with Crippen LogP contribution in [-0.4, -0.2) is 55.8 Å². The largest absolute Gasteiger partial charge is 0.496 e. The second-order valence-corrected chi connectivity index (χ2v) is 6.57. The summed E-state index contributed by atoms with van der Waals surface area (Å²) in [4.78, 5) is 11.5. The van der Waals surface area contributed by atoms with E-state index >= 15 is 0 Å². The highest BCUT2D eigenvalue weighted by Gasteiger charge is 2.24. The highest BCUT2D eigenvalue weighted by Crippen LogP contribution is 2.33. The van der Waals surface area contributed by atoms with Gasteiger partial charge < -0.3 is 31.2 Å². The van der Waals surface area contributed by atoms with Crippen molar-refractivity contribution in [2.24, 2.45) is 5.73 Å². The number of ether oxygens (including phenoxy) is 2. The van der Waals surface area contributed by atoms with Crippen LogP contribution >= 0.6 is 0 Å². The summed E-state index contributed by atoms with van der Waals surface area (Å²) in [6.45, 7) is 4.25. The Morgan fingerprint density at radius 3 is 2.82 bits per heavy atom. The lowest BCUT2D eigenvalue weighted by Crippen LogP contribution is -2.45. The van der Waals surface area contributed by atoms with Crippen molar-refractivity contribution in [2.45, 2.75) is 19.4 Å². The first kappa shape index (κ1) is 19.7. The fraction of sp³-hybridized carbons (Fsp3) is 0.421. The second-order valence-electron chi connectivity index (χ2n) is 6.57. The Kier molecular flexibility index (Phi) is 5.84. The van der Waals surface area contributed by atoms with E-state index in [0.29, 0.717) is 41.9 Å². The van der Waals surface area contributed by atoms with Crippen LogP contribution in [0.3, 0.4) is 0 Å². The molecule has 0 aliphatic carbocycles. The predicted molar refractivity (Wildman–Crippen MR) is 111 cm³/mol. The van der Waals surface area contributed by atoms with Crippen LogP contribution in [0, 0.1) is 5.41 Å². The minimum absolute atomic E-state index is 0.140. The normalized spacial score (nSPS) is 16.7. The van der Waals surface area contributed by atoms with Crippen molar-refractivity contribution in [1.82, 2.24) is 9.97 Å². The third-order valence-electron chi connectivity index (χ3n) is 4.85. The summed E-state index contributed by atoms with van der Waals surface area (Å²) >= 11 is 0. The van der Waals surface area contributed by atoms with Crippen molar-refractivity contribution in [3.05, 3.63) is 23.8 Å². The smallest absolute Gasteiger partial charge is 0.224 e. The van der Waals surface area contributed by atoms with Gasteiger partial charge in [0.25, 0.3) is 0 Å². The fourth-order valence-corrected chi connectivity index (χ4v) is 3.37. The number of amidine groups is 1. The summed E-state index contributed by atoms with van der Waals surface area (Å²) in [6.07, 6.45) is 0.961. The number of nitrogens with two attached hydrogens (primary N) is 2. The minimum Gasteiger partial charge on any atom is -0.496 e. The molecular weight excluding hydrogens is 358 g/mol. The van der Waals surface area contributed by atoms with Crippen LogP contribution in [0.4, 0.5) is 17.5 Å². The van der Waals surface area contributed by atoms with Crippen molar-refractivity contribution < 1.29 is 9.47 Å². The molecule has 1 aliphatic heterocycles. The maximum Gasteiger partial charge on any atom is 0.224 e. The lowest BCUT2D eigenvalue weighted by molar-refractivity contribution is 0.0926. The second kappa shape index (κ2) is 8.30. The molecule has 1 saturated heterocycles. The maximum absolute atomic E-state index is 7.73. The Balaban J connectivity index is 2.10. The van der Waals surface area contributed by atoms with Gasteiger partial charge in [0.1, 0.15) is 17.4 Å². The molecule has 0 amide bonds. The summed E-state index contributed by atoms with van der Waals surface area (Å²) in [7, 11) is 3.31. The quantitative estimate of drug-likeness (QED) is 0.335. The fourth-order valence-electron chi connectivity index (χ4n) is 3.37. The standard InChI is InChI=1S/C19H27N7O2/c1-4-12-10-28-6-5-26(12)16-9-14(24-19(23-2)25-16)11-7-13(20)17(18(21)22)15(8-11)27-3/h7-9,12H,4-6,10,20H2,1-3H3,(H3,21,22)(H,23,24,25). The van der Waals surface area contributed by atoms with E-state index in [2.05, 4.69) is 27.1 Å². The van der Waals surface area contributed by atoms with Gasteiger partial charge in [-0.15, -0.1) is 0 Å². The van der Waals surface area contributed by atoms with Gasteiger partial charge in [-0.2, -0.15) is 4.98 Å². The van der Waals surface area contributed by atoms with E-state index < -0.39 is 0 Å². The maximum atomic E-state index is 7.73. The Labute approximate surface area is 164 Å². The van der Waals surface area contributed by atoms with E-state index in [9.17, 15) is 0 Å². The average Bonchev–Trinajstić information content (AvgIpc) is 2.72. The molecule has 6 N–H and O–H groups in total. The van der Waals surface area contributed by atoms with Crippen LogP contribution in [0.5, 0.6) is 5.75 Å². The Hall–Kier alpha value is -3.07. The molecule has 1 aromatic heterocycles. The van der Waals surface area contributed by atoms with Gasteiger partial charge in [0.05, 0.1) is 37.6 Å². The number of hydrogen-bond donors (Lipinski definition) is 4. The van der Waals surface area contributed by atoms with E-state index in [4.69, 9.17) is 26.4 Å². The van der Waals surface area contributed by atoms with Gasteiger partial charge in [-0.1, -0.05) is 6.92 Å². The van der Waals surface area contributed by atoms with E-state index in [1.165, 1.54) is 7.11 Å². The number of benzene rings is 1. The van der Waals surface area contributed by atoms with Crippen LogP contribution in [0.2, 0.25) is 0 Å². The summed E-state index contributed by atoms with van der Waals surface area (Å²) in [6, 6.07) is 5.74. The summed E-state index contributed by atoms with van der Waals surface area (Å²) in [5.41, 5.74) is 14.0. The van der Waals surface area contributed by atoms with Crippen LogP contribution in [0.25, 0.3) is 11.3 Å². The predicted octanol–water partition coefficient (Wildman–Crippen LogP) is 1.68. The number of anilines is 3. The van der Waals surface area contributed by atoms with E-state index in [-0.39, 0.29) is 11.9 Å². The first-order valence-corrected chi connectivity index (χ1v) is 9.22. The SMILES string of the molecule is CCC1COCCN1c1cc(-c2cc(N)c(C(=N)N)c(OC)c2)nc(NC)n1. The highest BCUT2D eigenvalue weighted by molar-refractivity contribution is 6.03. The molecule has 3 rings (SSSR count). The molecule has 1 atom stereocenters. The first-order valence-electron chi connectivity index (χ1n) is 9.22. The molecule has 0 radical (unpaired) electrons. The van der Waals surface area contributed by atoms with Crippen molar-refractivity contribution in [3.63, 3.8) is 0 Å². The number of rotatable bonds is 6. The number of hydrogen-bond acceptors (Lipinski definition) is 8. The van der Waals surface area contributed by atoms with Gasteiger partial charge in [0.2, 0.25) is 5.95 Å². The number of nitrogens with zero attached hydrogens (tertiary/aromatic N) is 3. The van der Waals surface area contributed by atoms with Crippen LogP contribution < -0.4 is 26.4 Å². The van der Waals surface area contributed by atoms with Crippen LogP contribution in [-0.2, 0) is 4.74 Å². The lowest BCUT2D eigenvalue weighted by Gasteiger charge is -2.36. The van der Waals surface area contributed by atoms with Gasteiger partial charge in [0.15, 0.2) is 0 Å². The molecule has 150 valence electrons. The molecule has 0 bridgehead atoms. The zero-order valence-electron chi connectivity index (χ0n) is 16.5. The number of nitrogen functional groups attached to an aromatic ring is 2. The molecule has 1 unspecified atom stereocenters. The van der Waals surface area contributed by atoms with Crippen molar-refractivity contribution >= 4 is 23.3 Å². The zero-order chi connectivity index (χ0) is 20.3. The minimum atomic E-state index is -0.140. The summed E-state index contributed by atoms with van der Waals surface area (Å²) in [5, 5.41) is 10.8. The number of aromatic nitrogens is 2. The summed E-state index contributed by atoms with van der Waals surface area (Å²) < 4.78 is 11.0. The van der Waals surface area contributed by atoms with Crippen molar-refractivity contribution in [1.29, 1.82) is 5.41 Å². The molecule has 9 heteroatoms. The number of morpholine rings is 1. The number of methoxy groups -OCH3 is 1. The Morgan fingerprint density at radius 2 is 2.18 bits per heavy atom. The molecule has 1 aliphatic rings. The molecular formula is C19H27N7O2. The third-order valence-corrected chi connectivity index (χ3v) is 4.85. The third kappa shape index (κ3) is 3.79. The average molecular weight is 385 g/mol. The van der Waals surface area contributed by atoms with Gasteiger partial charge in [-0.05, 0) is 18.6 Å². The molecule has 2 aromatic rings. The van der Waals surface area contributed by atoms with E-state index in [1.54, 1.807) is 19.2 Å². The van der Waals surface area contributed by atoms with Gasteiger partial charge in [0, 0.05) is 30.9 Å². The first-order chi connectivity index (χ1) is 13.5. The van der Waals surface area contributed by atoms with E-state index in [0.717, 1.165) is 24.3 Å². The molecule has 9 nitrogen and oxygen atoms in total. The Bertz CT molecular complexity index is 872. The molecule has 2 heterocycles. The molecule has 1 fully saturated rings. The topological polar surface area (TPSA) is 135 Å². The summed E-state index contributed by atoms with van der Waals surface area (Å²) in [5.74, 6) is 1.64.